The molecule has 0 bridgehead atoms. The lowest BCUT2D eigenvalue weighted by Crippen LogP contribution is -2.49. The molecular formula is C13H19BrN2OS. The molecule has 1 aliphatic heterocycles. The molecule has 1 fully saturated rings. The maximum atomic E-state index is 12.2. The summed E-state index contributed by atoms with van der Waals surface area (Å²) in [5.41, 5.74) is 0. The van der Waals surface area contributed by atoms with Crippen molar-refractivity contribution in [2.24, 2.45) is 5.92 Å². The molecule has 1 aromatic rings. The number of nitrogens with one attached hydrogen (secondary N) is 2. The molecule has 0 saturated carbocycles. The van der Waals surface area contributed by atoms with Gasteiger partial charge in [0.25, 0.3) is 0 Å². The van der Waals surface area contributed by atoms with E-state index in [-0.39, 0.29) is 11.8 Å². The first-order valence-electron chi connectivity index (χ1n) is 6.34. The second kappa shape index (κ2) is 6.17. The average molecular weight is 331 g/mol. The number of piperidine rings is 1. The van der Waals surface area contributed by atoms with Crippen molar-refractivity contribution < 1.29 is 4.79 Å². The van der Waals surface area contributed by atoms with Gasteiger partial charge in [-0.05, 0) is 60.4 Å². The fourth-order valence-electron chi connectivity index (χ4n) is 2.23. The summed E-state index contributed by atoms with van der Waals surface area (Å²) in [5, 5.41) is 6.54. The monoisotopic (exact) mass is 330 g/mol. The summed E-state index contributed by atoms with van der Waals surface area (Å²) in [6.07, 6.45) is 1.02. The standard InChI is InChI=1S/C13H19BrN2OS/c1-8-7-15-6-5-10(8)16-13(17)9(2)11-3-4-12(14)18-11/h3-4,8-10,15H,5-7H2,1-2H3,(H,16,17). The lowest BCUT2D eigenvalue weighted by Gasteiger charge is -2.31. The van der Waals surface area contributed by atoms with Crippen molar-refractivity contribution >= 4 is 33.2 Å². The Kier molecular flexibility index (Phi) is 4.81. The molecule has 2 N–H and O–H groups in total. The number of rotatable bonds is 3. The summed E-state index contributed by atoms with van der Waals surface area (Å²) in [6, 6.07) is 4.33. The van der Waals surface area contributed by atoms with Gasteiger partial charge in [-0.2, -0.15) is 0 Å². The van der Waals surface area contributed by atoms with Crippen LogP contribution < -0.4 is 10.6 Å². The van der Waals surface area contributed by atoms with Crippen LogP contribution in [0.4, 0.5) is 0 Å². The van der Waals surface area contributed by atoms with E-state index in [2.05, 4.69) is 33.5 Å². The highest BCUT2D eigenvalue weighted by atomic mass is 79.9. The van der Waals surface area contributed by atoms with E-state index >= 15 is 0 Å². The summed E-state index contributed by atoms with van der Waals surface area (Å²) in [4.78, 5) is 13.3. The average Bonchev–Trinajstić information content (AvgIpc) is 2.78. The first-order chi connectivity index (χ1) is 8.58. The topological polar surface area (TPSA) is 41.1 Å². The molecule has 1 saturated heterocycles. The first kappa shape index (κ1) is 14.0. The van der Waals surface area contributed by atoms with Crippen molar-refractivity contribution in [1.29, 1.82) is 0 Å². The van der Waals surface area contributed by atoms with Gasteiger partial charge in [-0.3, -0.25) is 4.79 Å². The second-order valence-corrected chi connectivity index (χ2v) is 7.44. The van der Waals surface area contributed by atoms with Gasteiger partial charge in [0, 0.05) is 10.9 Å². The van der Waals surface area contributed by atoms with Crippen LogP contribution in [-0.4, -0.2) is 25.0 Å². The fraction of sp³-hybridized carbons (Fsp3) is 0.615. The van der Waals surface area contributed by atoms with Gasteiger partial charge in [0.2, 0.25) is 5.91 Å². The van der Waals surface area contributed by atoms with E-state index in [1.165, 1.54) is 0 Å². The molecular weight excluding hydrogens is 312 g/mol. The van der Waals surface area contributed by atoms with Gasteiger partial charge in [0.05, 0.1) is 9.70 Å². The molecule has 5 heteroatoms. The van der Waals surface area contributed by atoms with Crippen molar-refractivity contribution in [2.45, 2.75) is 32.2 Å². The van der Waals surface area contributed by atoms with Gasteiger partial charge in [-0.15, -0.1) is 11.3 Å². The molecule has 18 heavy (non-hydrogen) atoms. The van der Waals surface area contributed by atoms with Crippen LogP contribution >= 0.6 is 27.3 Å². The third-order valence-electron chi connectivity index (χ3n) is 3.53. The van der Waals surface area contributed by atoms with E-state index < -0.39 is 0 Å². The van der Waals surface area contributed by atoms with Crippen LogP contribution in [0.3, 0.4) is 0 Å². The zero-order valence-corrected chi connectivity index (χ0v) is 13.1. The molecule has 0 aromatic carbocycles. The normalized spacial score (nSPS) is 25.7. The number of hydrogen-bond donors (Lipinski definition) is 2. The van der Waals surface area contributed by atoms with Crippen LogP contribution in [0.15, 0.2) is 15.9 Å². The third kappa shape index (κ3) is 3.33. The molecule has 3 atom stereocenters. The fourth-order valence-corrected chi connectivity index (χ4v) is 3.70. The summed E-state index contributed by atoms with van der Waals surface area (Å²) < 4.78 is 1.08. The van der Waals surface area contributed by atoms with Crippen LogP contribution in [-0.2, 0) is 4.79 Å². The van der Waals surface area contributed by atoms with Crippen molar-refractivity contribution in [3.05, 3.63) is 20.8 Å². The van der Waals surface area contributed by atoms with Crippen LogP contribution in [0.2, 0.25) is 0 Å². The van der Waals surface area contributed by atoms with Crippen molar-refractivity contribution in [3.63, 3.8) is 0 Å². The van der Waals surface area contributed by atoms with Crippen molar-refractivity contribution in [1.82, 2.24) is 10.6 Å². The Morgan fingerprint density at radius 3 is 3.00 bits per heavy atom. The number of amides is 1. The zero-order chi connectivity index (χ0) is 13.1. The molecule has 0 spiro atoms. The minimum absolute atomic E-state index is 0.0663. The van der Waals surface area contributed by atoms with E-state index in [0.717, 1.165) is 28.2 Å². The van der Waals surface area contributed by atoms with E-state index in [1.807, 2.05) is 19.1 Å². The Morgan fingerprint density at radius 2 is 2.39 bits per heavy atom. The number of halogens is 1. The van der Waals surface area contributed by atoms with Gasteiger partial charge in [-0.1, -0.05) is 6.92 Å². The van der Waals surface area contributed by atoms with Gasteiger partial charge in [0.15, 0.2) is 0 Å². The Labute approximate surface area is 120 Å². The SMILES string of the molecule is CC(C(=O)NC1CCNCC1C)c1ccc(Br)s1. The largest absolute Gasteiger partial charge is 0.352 e. The molecule has 1 aliphatic rings. The second-order valence-electron chi connectivity index (χ2n) is 4.95. The highest BCUT2D eigenvalue weighted by molar-refractivity contribution is 9.11. The highest BCUT2D eigenvalue weighted by Crippen LogP contribution is 2.28. The Morgan fingerprint density at radius 1 is 1.61 bits per heavy atom. The Balaban J connectivity index is 1.94. The maximum Gasteiger partial charge on any atom is 0.228 e. The maximum absolute atomic E-state index is 12.2. The molecule has 2 heterocycles. The van der Waals surface area contributed by atoms with E-state index in [1.54, 1.807) is 11.3 Å². The van der Waals surface area contributed by atoms with E-state index in [9.17, 15) is 4.79 Å². The van der Waals surface area contributed by atoms with Gasteiger partial charge in [0.1, 0.15) is 0 Å². The van der Waals surface area contributed by atoms with Crippen LogP contribution in [0.25, 0.3) is 0 Å². The predicted molar refractivity (Wildman–Crippen MR) is 79.0 cm³/mol. The highest BCUT2D eigenvalue weighted by Gasteiger charge is 2.25. The zero-order valence-electron chi connectivity index (χ0n) is 10.7. The first-order valence-corrected chi connectivity index (χ1v) is 7.95. The lowest BCUT2D eigenvalue weighted by atomic mass is 9.94. The van der Waals surface area contributed by atoms with Crippen molar-refractivity contribution in [2.75, 3.05) is 13.1 Å². The molecule has 3 nitrogen and oxygen atoms in total. The van der Waals surface area contributed by atoms with Crippen LogP contribution in [0.1, 0.15) is 31.1 Å². The van der Waals surface area contributed by atoms with Crippen molar-refractivity contribution in [3.8, 4) is 0 Å². The summed E-state index contributed by atoms with van der Waals surface area (Å²) >= 11 is 5.07. The number of carbonyl (C=O) groups is 1. The number of thiophene rings is 1. The lowest BCUT2D eigenvalue weighted by molar-refractivity contribution is -0.123. The number of hydrogen-bond acceptors (Lipinski definition) is 3. The van der Waals surface area contributed by atoms with E-state index in [4.69, 9.17) is 0 Å². The van der Waals surface area contributed by atoms with E-state index in [0.29, 0.717) is 12.0 Å². The Bertz CT molecular complexity index is 421. The molecule has 2 rings (SSSR count). The molecule has 1 aromatic heterocycles. The van der Waals surface area contributed by atoms with Gasteiger partial charge >= 0.3 is 0 Å². The molecule has 1 amide bonds. The third-order valence-corrected chi connectivity index (χ3v) is 5.33. The van der Waals surface area contributed by atoms with Crippen LogP contribution in [0, 0.1) is 5.92 Å². The summed E-state index contributed by atoms with van der Waals surface area (Å²) in [5.74, 6) is 0.580. The minimum atomic E-state index is -0.0663. The minimum Gasteiger partial charge on any atom is -0.352 e. The summed E-state index contributed by atoms with van der Waals surface area (Å²) in [7, 11) is 0. The number of carbonyl (C=O) groups excluding carboxylic acids is 1. The van der Waals surface area contributed by atoms with Gasteiger partial charge in [-0.25, -0.2) is 0 Å². The van der Waals surface area contributed by atoms with Gasteiger partial charge < -0.3 is 10.6 Å². The molecule has 0 aliphatic carbocycles. The molecule has 3 unspecified atom stereocenters. The molecule has 0 radical (unpaired) electrons. The predicted octanol–water partition coefficient (Wildman–Crippen LogP) is 2.73. The quantitative estimate of drug-likeness (QED) is 0.894. The smallest absolute Gasteiger partial charge is 0.228 e. The molecule has 100 valence electrons. The Hall–Kier alpha value is -0.390. The van der Waals surface area contributed by atoms with Crippen LogP contribution in [0.5, 0.6) is 0 Å². The summed E-state index contributed by atoms with van der Waals surface area (Å²) in [6.45, 7) is 6.14.